The van der Waals surface area contributed by atoms with E-state index in [2.05, 4.69) is 10.2 Å². The number of thiophene rings is 1. The van der Waals surface area contributed by atoms with Gasteiger partial charge in [-0.3, -0.25) is 9.69 Å². The van der Waals surface area contributed by atoms with Gasteiger partial charge in [0, 0.05) is 26.9 Å². The van der Waals surface area contributed by atoms with Gasteiger partial charge >= 0.3 is 0 Å². The van der Waals surface area contributed by atoms with Crippen LogP contribution in [0.3, 0.4) is 0 Å². The molecule has 0 bridgehead atoms. The number of rotatable bonds is 4. The highest BCUT2D eigenvalue weighted by Gasteiger charge is 2.35. The number of fused-ring (bicyclic) bond motifs is 1. The Kier molecular flexibility index (Phi) is 5.47. The molecule has 0 spiro atoms. The van der Waals surface area contributed by atoms with Gasteiger partial charge in [-0.2, -0.15) is 0 Å². The number of piperidine rings is 1. The smallest absolute Gasteiger partial charge is 0.223 e. The van der Waals surface area contributed by atoms with Gasteiger partial charge in [0.15, 0.2) is 9.84 Å². The van der Waals surface area contributed by atoms with Crippen LogP contribution in [0.2, 0.25) is 5.02 Å². The zero-order valence-corrected chi connectivity index (χ0v) is 17.4. The maximum absolute atomic E-state index is 12.6. The maximum Gasteiger partial charge on any atom is 0.223 e. The van der Waals surface area contributed by atoms with E-state index in [9.17, 15) is 13.2 Å². The number of sulfone groups is 1. The first-order valence-electron chi connectivity index (χ1n) is 9.31. The Morgan fingerprint density at radius 3 is 2.63 bits per heavy atom. The van der Waals surface area contributed by atoms with Crippen molar-refractivity contribution in [3.8, 4) is 0 Å². The first-order valence-corrected chi connectivity index (χ1v) is 12.3. The Labute approximate surface area is 168 Å². The fourth-order valence-electron chi connectivity index (χ4n) is 4.08. The molecule has 0 unspecified atom stereocenters. The number of nitrogens with zero attached hydrogens (tertiary/aromatic N) is 1. The number of nitrogens with one attached hydrogen (secondary N) is 1. The molecule has 146 valence electrons. The normalized spacial score (nSPS) is 23.7. The van der Waals surface area contributed by atoms with Gasteiger partial charge in [-0.05, 0) is 38.4 Å². The number of hydrogen-bond donors (Lipinski definition) is 1. The van der Waals surface area contributed by atoms with E-state index in [1.807, 2.05) is 24.3 Å². The standard InChI is InChI=1S/C19H23ClN2O3S2/c20-18-15-3-1-2-4-16(15)26-17(18)11-21-19(23)13-5-8-22(9-6-13)14-7-10-27(24,25)12-14/h1-4,13-14H,5-12H2,(H,21,23)/t14-/m1/s1. The zero-order chi connectivity index (χ0) is 19.0. The summed E-state index contributed by atoms with van der Waals surface area (Å²) in [4.78, 5) is 15.8. The highest BCUT2D eigenvalue weighted by Crippen LogP contribution is 2.35. The first-order chi connectivity index (χ1) is 12.9. The summed E-state index contributed by atoms with van der Waals surface area (Å²) in [6.07, 6.45) is 2.29. The minimum atomic E-state index is -2.86. The van der Waals surface area contributed by atoms with Crippen molar-refractivity contribution in [1.82, 2.24) is 10.2 Å². The molecule has 0 saturated carbocycles. The van der Waals surface area contributed by atoms with Crippen LogP contribution in [0.1, 0.15) is 24.1 Å². The van der Waals surface area contributed by atoms with Crippen LogP contribution in [0, 0.1) is 5.92 Å². The molecule has 3 heterocycles. The molecule has 2 aromatic rings. The fourth-order valence-corrected chi connectivity index (χ4v) is 7.28. The van der Waals surface area contributed by atoms with Crippen molar-refractivity contribution in [2.24, 2.45) is 5.92 Å². The van der Waals surface area contributed by atoms with E-state index in [0.717, 1.165) is 52.3 Å². The minimum Gasteiger partial charge on any atom is -0.351 e. The van der Waals surface area contributed by atoms with Gasteiger partial charge in [0.05, 0.1) is 23.1 Å². The van der Waals surface area contributed by atoms with Gasteiger partial charge in [0.1, 0.15) is 0 Å². The summed E-state index contributed by atoms with van der Waals surface area (Å²) in [7, 11) is -2.86. The van der Waals surface area contributed by atoms with Gasteiger partial charge in [-0.1, -0.05) is 29.8 Å². The monoisotopic (exact) mass is 426 g/mol. The molecule has 1 aromatic carbocycles. The highest BCUT2D eigenvalue weighted by molar-refractivity contribution is 7.91. The number of amides is 1. The molecule has 0 aliphatic carbocycles. The predicted molar refractivity (Wildman–Crippen MR) is 110 cm³/mol. The first kappa shape index (κ1) is 19.2. The van der Waals surface area contributed by atoms with E-state index < -0.39 is 9.84 Å². The predicted octanol–water partition coefficient (Wildman–Crippen LogP) is 3.07. The summed E-state index contributed by atoms with van der Waals surface area (Å²) in [5.41, 5.74) is 0. The molecule has 1 amide bonds. The fraction of sp³-hybridized carbons (Fsp3) is 0.526. The average molecular weight is 427 g/mol. The zero-order valence-electron chi connectivity index (χ0n) is 15.0. The summed E-state index contributed by atoms with van der Waals surface area (Å²) < 4.78 is 24.5. The second-order valence-corrected chi connectivity index (χ2v) is 11.2. The number of halogens is 1. The van der Waals surface area contributed by atoms with Crippen LogP contribution in [-0.2, 0) is 21.2 Å². The molecule has 8 heteroatoms. The summed E-state index contributed by atoms with van der Waals surface area (Å²) in [5, 5.41) is 4.81. The molecule has 1 aromatic heterocycles. The highest BCUT2D eigenvalue weighted by atomic mass is 35.5. The van der Waals surface area contributed by atoms with Gasteiger partial charge in [0.25, 0.3) is 0 Å². The molecule has 1 N–H and O–H groups in total. The van der Waals surface area contributed by atoms with Crippen molar-refractivity contribution in [1.29, 1.82) is 0 Å². The molecular formula is C19H23ClN2O3S2. The summed E-state index contributed by atoms with van der Waals surface area (Å²) >= 11 is 8.06. The third-order valence-electron chi connectivity index (χ3n) is 5.65. The summed E-state index contributed by atoms with van der Waals surface area (Å²) in [5.74, 6) is 0.636. The topological polar surface area (TPSA) is 66.5 Å². The Bertz CT molecular complexity index is 949. The third-order valence-corrected chi connectivity index (χ3v) is 9.11. The SMILES string of the molecule is O=C(NCc1sc2ccccc2c1Cl)C1CCN([C@@H]2CCS(=O)(=O)C2)CC1. The largest absolute Gasteiger partial charge is 0.351 e. The molecule has 1 atom stereocenters. The lowest BCUT2D eigenvalue weighted by Crippen LogP contribution is -2.45. The van der Waals surface area contributed by atoms with Crippen molar-refractivity contribution in [3.63, 3.8) is 0 Å². The van der Waals surface area contributed by atoms with Crippen LogP contribution >= 0.6 is 22.9 Å². The quantitative estimate of drug-likeness (QED) is 0.815. The maximum atomic E-state index is 12.6. The molecule has 2 aliphatic rings. The Hall–Kier alpha value is -1.15. The number of benzene rings is 1. The molecule has 2 aliphatic heterocycles. The number of carbonyl (C=O) groups is 1. The van der Waals surface area contributed by atoms with E-state index in [4.69, 9.17) is 11.6 Å². The molecule has 0 radical (unpaired) electrons. The Morgan fingerprint density at radius 2 is 1.96 bits per heavy atom. The molecular weight excluding hydrogens is 404 g/mol. The van der Waals surface area contributed by atoms with Gasteiger partial charge in [-0.25, -0.2) is 8.42 Å². The van der Waals surface area contributed by atoms with Crippen molar-refractivity contribution < 1.29 is 13.2 Å². The van der Waals surface area contributed by atoms with Crippen LogP contribution in [0.4, 0.5) is 0 Å². The lowest BCUT2D eigenvalue weighted by atomic mass is 9.94. The molecule has 4 rings (SSSR count). The molecule has 2 fully saturated rings. The molecule has 5 nitrogen and oxygen atoms in total. The molecule has 27 heavy (non-hydrogen) atoms. The van der Waals surface area contributed by atoms with Crippen molar-refractivity contribution >= 4 is 48.8 Å². The van der Waals surface area contributed by atoms with E-state index in [0.29, 0.717) is 12.3 Å². The van der Waals surface area contributed by atoms with E-state index in [1.165, 1.54) is 0 Å². The Morgan fingerprint density at radius 1 is 1.22 bits per heavy atom. The van der Waals surface area contributed by atoms with E-state index in [-0.39, 0.29) is 23.6 Å². The van der Waals surface area contributed by atoms with E-state index >= 15 is 0 Å². The third kappa shape index (κ3) is 4.16. The van der Waals surface area contributed by atoms with Crippen LogP contribution in [0.5, 0.6) is 0 Å². The summed E-state index contributed by atoms with van der Waals surface area (Å²) in [6.45, 7) is 2.04. The van der Waals surface area contributed by atoms with Gasteiger partial charge in [-0.15, -0.1) is 11.3 Å². The van der Waals surface area contributed by atoms with E-state index in [1.54, 1.807) is 11.3 Å². The lowest BCUT2D eigenvalue weighted by molar-refractivity contribution is -0.126. The van der Waals surface area contributed by atoms with Crippen molar-refractivity contribution in [3.05, 3.63) is 34.2 Å². The molecule has 2 saturated heterocycles. The number of hydrogen-bond acceptors (Lipinski definition) is 5. The Balaban J connectivity index is 1.30. The minimum absolute atomic E-state index is 0.00702. The van der Waals surface area contributed by atoms with Gasteiger partial charge < -0.3 is 5.32 Å². The van der Waals surface area contributed by atoms with Crippen LogP contribution in [-0.4, -0.2) is 49.9 Å². The summed E-state index contributed by atoms with van der Waals surface area (Å²) in [6, 6.07) is 8.12. The van der Waals surface area contributed by atoms with Crippen LogP contribution in [0.25, 0.3) is 10.1 Å². The van der Waals surface area contributed by atoms with Crippen molar-refractivity contribution in [2.45, 2.75) is 31.8 Å². The second-order valence-electron chi connectivity index (χ2n) is 7.42. The number of likely N-dealkylation sites (tertiary alicyclic amines) is 1. The lowest BCUT2D eigenvalue weighted by Gasteiger charge is -2.34. The van der Waals surface area contributed by atoms with Gasteiger partial charge in [0.2, 0.25) is 5.91 Å². The second kappa shape index (κ2) is 7.70. The van der Waals surface area contributed by atoms with Crippen LogP contribution < -0.4 is 5.32 Å². The number of carbonyl (C=O) groups excluding carboxylic acids is 1. The average Bonchev–Trinajstić information content (AvgIpc) is 3.19. The van der Waals surface area contributed by atoms with Crippen molar-refractivity contribution in [2.75, 3.05) is 24.6 Å². The van der Waals surface area contributed by atoms with Crippen LogP contribution in [0.15, 0.2) is 24.3 Å².